The Labute approximate surface area is 110 Å². The van der Waals surface area contributed by atoms with E-state index in [1.807, 2.05) is 12.3 Å². The zero-order valence-corrected chi connectivity index (χ0v) is 10.5. The van der Waals surface area contributed by atoms with Crippen molar-refractivity contribution in [3.63, 3.8) is 0 Å². The minimum atomic E-state index is -0.269. The number of anilines is 1. The van der Waals surface area contributed by atoms with E-state index in [1.165, 1.54) is 0 Å². The van der Waals surface area contributed by atoms with Gasteiger partial charge in [0.05, 0.1) is 6.54 Å². The van der Waals surface area contributed by atoms with E-state index < -0.39 is 0 Å². The molecule has 100 valence electrons. The lowest BCUT2D eigenvalue weighted by atomic mass is 10.3. The van der Waals surface area contributed by atoms with Crippen molar-refractivity contribution < 1.29 is 4.79 Å². The number of carbonyl (C=O) groups excluding carboxylic acids is 1. The van der Waals surface area contributed by atoms with Crippen molar-refractivity contribution in [1.29, 1.82) is 0 Å². The zero-order chi connectivity index (χ0) is 13.7. The molecule has 0 saturated carbocycles. The first-order valence-electron chi connectivity index (χ1n) is 5.77. The second-order valence-corrected chi connectivity index (χ2v) is 3.89. The summed E-state index contributed by atoms with van der Waals surface area (Å²) in [6, 6.07) is 3.43. The number of nitrogen functional groups attached to an aromatic ring is 1. The minimum absolute atomic E-state index is 0.220. The first-order chi connectivity index (χ1) is 9.19. The summed E-state index contributed by atoms with van der Waals surface area (Å²) in [5, 5.41) is 6.80. The van der Waals surface area contributed by atoms with E-state index in [9.17, 15) is 4.79 Å². The van der Waals surface area contributed by atoms with E-state index in [0.29, 0.717) is 18.8 Å². The molecule has 0 radical (unpaired) electrons. The standard InChI is InChI=1S/C11H15N7O/c1-8-7-9(16-11(15-8)17-12)10(19)13-4-6-18-5-2-3-14-18/h2-3,5,7H,4,6,12H2,1H3,(H,13,19)(H,15,16,17). The number of aryl methyl sites for hydroxylation is 1. The summed E-state index contributed by atoms with van der Waals surface area (Å²) in [4.78, 5) is 19.9. The Morgan fingerprint density at radius 1 is 1.47 bits per heavy atom. The fourth-order valence-electron chi connectivity index (χ4n) is 1.56. The van der Waals surface area contributed by atoms with Gasteiger partial charge in [0.2, 0.25) is 5.95 Å². The SMILES string of the molecule is Cc1cc(C(=O)NCCn2cccn2)nc(NN)n1. The maximum atomic E-state index is 11.9. The quantitative estimate of drug-likeness (QED) is 0.503. The number of nitrogens with two attached hydrogens (primary N) is 1. The average Bonchev–Trinajstić information content (AvgIpc) is 2.91. The highest BCUT2D eigenvalue weighted by atomic mass is 16.1. The second-order valence-electron chi connectivity index (χ2n) is 3.89. The summed E-state index contributed by atoms with van der Waals surface area (Å²) in [5.41, 5.74) is 3.27. The predicted octanol–water partition coefficient (Wildman–Crippen LogP) is -0.303. The number of carbonyl (C=O) groups is 1. The third-order valence-electron chi connectivity index (χ3n) is 2.40. The van der Waals surface area contributed by atoms with Gasteiger partial charge < -0.3 is 5.32 Å². The van der Waals surface area contributed by atoms with Gasteiger partial charge in [-0.15, -0.1) is 0 Å². The van der Waals surface area contributed by atoms with Gasteiger partial charge in [0.15, 0.2) is 0 Å². The van der Waals surface area contributed by atoms with E-state index in [2.05, 4.69) is 25.8 Å². The van der Waals surface area contributed by atoms with Crippen LogP contribution in [-0.4, -0.2) is 32.2 Å². The van der Waals surface area contributed by atoms with E-state index in [1.54, 1.807) is 23.9 Å². The molecular weight excluding hydrogens is 246 g/mol. The van der Waals surface area contributed by atoms with Gasteiger partial charge in [-0.3, -0.25) is 14.9 Å². The lowest BCUT2D eigenvalue weighted by Crippen LogP contribution is -2.28. The molecule has 0 unspecified atom stereocenters. The molecule has 4 N–H and O–H groups in total. The molecule has 0 bridgehead atoms. The van der Waals surface area contributed by atoms with E-state index in [0.717, 1.165) is 0 Å². The maximum absolute atomic E-state index is 11.9. The van der Waals surface area contributed by atoms with Crippen LogP contribution < -0.4 is 16.6 Å². The van der Waals surface area contributed by atoms with Crippen LogP contribution in [0.5, 0.6) is 0 Å². The molecule has 0 fully saturated rings. The average molecular weight is 261 g/mol. The van der Waals surface area contributed by atoms with Crippen molar-refractivity contribution >= 4 is 11.9 Å². The van der Waals surface area contributed by atoms with Crippen LogP contribution in [-0.2, 0) is 6.54 Å². The molecule has 8 heteroatoms. The topological polar surface area (TPSA) is 111 Å². The third kappa shape index (κ3) is 3.49. The smallest absolute Gasteiger partial charge is 0.270 e. The van der Waals surface area contributed by atoms with Crippen LogP contribution in [0, 0.1) is 6.92 Å². The van der Waals surface area contributed by atoms with Crippen molar-refractivity contribution in [1.82, 2.24) is 25.1 Å². The first kappa shape index (κ1) is 13.0. The number of aromatic nitrogens is 4. The molecular formula is C11H15N7O. The monoisotopic (exact) mass is 261 g/mol. The van der Waals surface area contributed by atoms with Crippen LogP contribution in [0.2, 0.25) is 0 Å². The molecule has 0 spiro atoms. The largest absolute Gasteiger partial charge is 0.349 e. The fraction of sp³-hybridized carbons (Fsp3) is 0.273. The van der Waals surface area contributed by atoms with Crippen molar-refractivity contribution in [3.05, 3.63) is 35.9 Å². The number of hydrogen-bond acceptors (Lipinski definition) is 6. The van der Waals surface area contributed by atoms with Crippen molar-refractivity contribution in [2.45, 2.75) is 13.5 Å². The Morgan fingerprint density at radius 3 is 3.00 bits per heavy atom. The molecule has 0 atom stereocenters. The first-order valence-corrected chi connectivity index (χ1v) is 5.77. The van der Waals surface area contributed by atoms with Gasteiger partial charge in [-0.1, -0.05) is 0 Å². The van der Waals surface area contributed by atoms with Crippen LogP contribution in [0.3, 0.4) is 0 Å². The van der Waals surface area contributed by atoms with Crippen LogP contribution in [0.15, 0.2) is 24.5 Å². The van der Waals surface area contributed by atoms with Crippen molar-refractivity contribution in [2.24, 2.45) is 5.84 Å². The van der Waals surface area contributed by atoms with Crippen LogP contribution in [0.25, 0.3) is 0 Å². The van der Waals surface area contributed by atoms with Gasteiger partial charge in [-0.2, -0.15) is 5.10 Å². The van der Waals surface area contributed by atoms with Gasteiger partial charge in [-0.05, 0) is 19.1 Å². The second kappa shape index (κ2) is 5.91. The molecule has 0 saturated heterocycles. The number of amides is 1. The molecule has 0 aliphatic rings. The van der Waals surface area contributed by atoms with E-state index in [-0.39, 0.29) is 17.5 Å². The summed E-state index contributed by atoms with van der Waals surface area (Å²) in [6.45, 7) is 2.84. The van der Waals surface area contributed by atoms with Gasteiger partial charge in [0.1, 0.15) is 5.69 Å². The van der Waals surface area contributed by atoms with E-state index in [4.69, 9.17) is 5.84 Å². The van der Waals surface area contributed by atoms with Gasteiger partial charge in [0.25, 0.3) is 5.91 Å². The Kier molecular flexibility index (Phi) is 4.04. The van der Waals surface area contributed by atoms with Crippen molar-refractivity contribution in [3.8, 4) is 0 Å². The number of hydrazine groups is 1. The number of hydrogen-bond donors (Lipinski definition) is 3. The number of nitrogens with zero attached hydrogens (tertiary/aromatic N) is 4. The molecule has 19 heavy (non-hydrogen) atoms. The Bertz CT molecular complexity index is 552. The van der Waals surface area contributed by atoms with Gasteiger partial charge in [-0.25, -0.2) is 15.8 Å². The lowest BCUT2D eigenvalue weighted by Gasteiger charge is -2.07. The highest BCUT2D eigenvalue weighted by Gasteiger charge is 2.09. The molecule has 8 nitrogen and oxygen atoms in total. The maximum Gasteiger partial charge on any atom is 0.270 e. The van der Waals surface area contributed by atoms with Crippen molar-refractivity contribution in [2.75, 3.05) is 12.0 Å². The van der Waals surface area contributed by atoms with Gasteiger partial charge >= 0.3 is 0 Å². The molecule has 2 aromatic heterocycles. The molecule has 2 rings (SSSR count). The minimum Gasteiger partial charge on any atom is -0.349 e. The molecule has 0 aliphatic heterocycles. The summed E-state index contributed by atoms with van der Waals surface area (Å²) in [5.74, 6) is 5.18. The lowest BCUT2D eigenvalue weighted by molar-refractivity contribution is 0.0947. The predicted molar refractivity (Wildman–Crippen MR) is 69.1 cm³/mol. The summed E-state index contributed by atoms with van der Waals surface area (Å²) in [7, 11) is 0. The normalized spacial score (nSPS) is 10.2. The molecule has 0 aliphatic carbocycles. The summed E-state index contributed by atoms with van der Waals surface area (Å²) < 4.78 is 1.73. The molecule has 2 aromatic rings. The number of nitrogens with one attached hydrogen (secondary N) is 2. The fourth-order valence-corrected chi connectivity index (χ4v) is 1.56. The third-order valence-corrected chi connectivity index (χ3v) is 2.40. The number of rotatable bonds is 5. The Balaban J connectivity index is 1.94. The van der Waals surface area contributed by atoms with Crippen LogP contribution >= 0.6 is 0 Å². The Morgan fingerprint density at radius 2 is 2.32 bits per heavy atom. The summed E-state index contributed by atoms with van der Waals surface area (Å²) >= 11 is 0. The highest BCUT2D eigenvalue weighted by molar-refractivity contribution is 5.92. The molecule has 0 aromatic carbocycles. The highest BCUT2D eigenvalue weighted by Crippen LogP contribution is 2.03. The summed E-state index contributed by atoms with van der Waals surface area (Å²) in [6.07, 6.45) is 3.52. The molecule has 2 heterocycles. The molecule has 1 amide bonds. The van der Waals surface area contributed by atoms with E-state index >= 15 is 0 Å². The van der Waals surface area contributed by atoms with Crippen LogP contribution in [0.1, 0.15) is 16.2 Å². The zero-order valence-electron chi connectivity index (χ0n) is 10.5. The Hall–Kier alpha value is -2.48. The van der Waals surface area contributed by atoms with Crippen LogP contribution in [0.4, 0.5) is 5.95 Å². The van der Waals surface area contributed by atoms with Gasteiger partial charge in [0, 0.05) is 24.6 Å².